The summed E-state index contributed by atoms with van der Waals surface area (Å²) >= 11 is 1.92. The maximum atomic E-state index is 5.87. The van der Waals surface area contributed by atoms with Crippen LogP contribution in [0, 0.1) is 0 Å². The SMILES string of the molecule is CCCCCCOc1ccc(Cn2cccc2C2=N[C@@H](CSCC)CO2)cc1. The van der Waals surface area contributed by atoms with E-state index in [1.165, 1.54) is 24.8 Å². The molecular formula is C23H32N2O2S. The molecule has 2 aromatic rings. The van der Waals surface area contributed by atoms with Gasteiger partial charge in [-0.05, 0) is 42.0 Å². The van der Waals surface area contributed by atoms with E-state index < -0.39 is 0 Å². The van der Waals surface area contributed by atoms with Gasteiger partial charge in [0.1, 0.15) is 18.1 Å². The van der Waals surface area contributed by atoms with Gasteiger partial charge in [0.15, 0.2) is 0 Å². The first-order valence-electron chi connectivity index (χ1n) is 10.5. The minimum Gasteiger partial charge on any atom is -0.494 e. The topological polar surface area (TPSA) is 35.8 Å². The second-order valence-corrected chi connectivity index (χ2v) is 8.45. The minimum atomic E-state index is 0.275. The van der Waals surface area contributed by atoms with Crippen LogP contribution in [-0.2, 0) is 11.3 Å². The van der Waals surface area contributed by atoms with Crippen molar-refractivity contribution in [1.29, 1.82) is 0 Å². The molecule has 0 fully saturated rings. The summed E-state index contributed by atoms with van der Waals surface area (Å²) in [6.45, 7) is 6.70. The molecule has 0 N–H and O–H groups in total. The Morgan fingerprint density at radius 2 is 2.00 bits per heavy atom. The molecule has 1 aromatic heterocycles. The van der Waals surface area contributed by atoms with Crippen LogP contribution in [0.2, 0.25) is 0 Å². The molecule has 4 nitrogen and oxygen atoms in total. The van der Waals surface area contributed by atoms with Crippen LogP contribution in [0.4, 0.5) is 0 Å². The zero-order valence-electron chi connectivity index (χ0n) is 17.1. The number of benzene rings is 1. The van der Waals surface area contributed by atoms with Crippen LogP contribution >= 0.6 is 11.8 Å². The molecule has 2 heterocycles. The molecule has 1 atom stereocenters. The number of rotatable bonds is 12. The molecule has 28 heavy (non-hydrogen) atoms. The Kier molecular flexibility index (Phi) is 8.34. The lowest BCUT2D eigenvalue weighted by molar-refractivity contribution is 0.305. The monoisotopic (exact) mass is 400 g/mol. The van der Waals surface area contributed by atoms with Crippen molar-refractivity contribution < 1.29 is 9.47 Å². The highest BCUT2D eigenvalue weighted by Crippen LogP contribution is 2.19. The molecule has 0 unspecified atom stereocenters. The molecule has 152 valence electrons. The first-order valence-corrected chi connectivity index (χ1v) is 11.6. The highest BCUT2D eigenvalue weighted by Gasteiger charge is 2.22. The standard InChI is InChI=1S/C23H32N2O2S/c1-3-5-6-7-15-26-21-12-10-19(11-13-21)16-25-14-8-9-22(25)23-24-20(17-27-23)18-28-4-2/h8-14,20H,3-7,15-18H2,1-2H3/t20-/m1/s1. The summed E-state index contributed by atoms with van der Waals surface area (Å²) in [5.41, 5.74) is 2.30. The fourth-order valence-corrected chi connectivity index (χ4v) is 3.93. The van der Waals surface area contributed by atoms with Gasteiger partial charge in [0, 0.05) is 18.5 Å². The maximum absolute atomic E-state index is 5.87. The van der Waals surface area contributed by atoms with Gasteiger partial charge in [-0.2, -0.15) is 11.8 Å². The van der Waals surface area contributed by atoms with E-state index in [9.17, 15) is 0 Å². The number of nitrogens with zero attached hydrogens (tertiary/aromatic N) is 2. The summed E-state index contributed by atoms with van der Waals surface area (Å²) in [5, 5.41) is 0. The lowest BCUT2D eigenvalue weighted by atomic mass is 10.2. The van der Waals surface area contributed by atoms with Crippen molar-refractivity contribution in [3.63, 3.8) is 0 Å². The average molecular weight is 401 g/mol. The van der Waals surface area contributed by atoms with Crippen LogP contribution in [0.15, 0.2) is 47.6 Å². The number of ether oxygens (including phenoxy) is 2. The van der Waals surface area contributed by atoms with Gasteiger partial charge in [0.25, 0.3) is 0 Å². The first-order chi connectivity index (χ1) is 13.8. The van der Waals surface area contributed by atoms with Crippen molar-refractivity contribution in [3.05, 3.63) is 53.9 Å². The van der Waals surface area contributed by atoms with Gasteiger partial charge >= 0.3 is 0 Å². The van der Waals surface area contributed by atoms with E-state index in [4.69, 9.17) is 14.5 Å². The van der Waals surface area contributed by atoms with Gasteiger partial charge in [0.05, 0.1) is 12.6 Å². The van der Waals surface area contributed by atoms with E-state index in [1.54, 1.807) is 0 Å². The molecule has 0 radical (unpaired) electrons. The van der Waals surface area contributed by atoms with Crippen molar-refractivity contribution in [1.82, 2.24) is 4.57 Å². The van der Waals surface area contributed by atoms with Crippen molar-refractivity contribution in [2.75, 3.05) is 24.7 Å². The molecule has 0 saturated heterocycles. The van der Waals surface area contributed by atoms with E-state index in [0.717, 1.165) is 48.4 Å². The maximum Gasteiger partial charge on any atom is 0.233 e. The third kappa shape index (κ3) is 6.06. The number of unbranched alkanes of at least 4 members (excludes halogenated alkanes) is 3. The second kappa shape index (κ2) is 11.2. The minimum absolute atomic E-state index is 0.275. The lowest BCUT2D eigenvalue weighted by Crippen LogP contribution is -2.11. The predicted molar refractivity (Wildman–Crippen MR) is 119 cm³/mol. The Balaban J connectivity index is 1.54. The smallest absolute Gasteiger partial charge is 0.233 e. The quantitative estimate of drug-likeness (QED) is 0.448. The van der Waals surface area contributed by atoms with Crippen LogP contribution in [0.1, 0.15) is 50.8 Å². The van der Waals surface area contributed by atoms with Crippen LogP contribution in [0.3, 0.4) is 0 Å². The normalized spacial score (nSPS) is 16.1. The molecule has 1 aromatic carbocycles. The number of thioether (sulfide) groups is 1. The van der Waals surface area contributed by atoms with Crippen LogP contribution in [0.5, 0.6) is 5.75 Å². The first kappa shape index (κ1) is 20.8. The Labute approximate surface area is 173 Å². The Morgan fingerprint density at radius 1 is 1.14 bits per heavy atom. The molecule has 0 spiro atoms. The molecule has 0 saturated carbocycles. The molecule has 0 aliphatic carbocycles. The van der Waals surface area contributed by atoms with Gasteiger partial charge in [-0.3, -0.25) is 0 Å². The van der Waals surface area contributed by atoms with Gasteiger partial charge in [-0.15, -0.1) is 0 Å². The largest absolute Gasteiger partial charge is 0.494 e. The summed E-state index contributed by atoms with van der Waals surface area (Å²) in [4.78, 5) is 4.77. The molecule has 1 aliphatic rings. The number of hydrogen-bond donors (Lipinski definition) is 0. The summed E-state index contributed by atoms with van der Waals surface area (Å²) in [6, 6.07) is 12.8. The molecule has 0 amide bonds. The fourth-order valence-electron chi connectivity index (χ4n) is 3.25. The fraction of sp³-hybridized carbons (Fsp3) is 0.522. The van der Waals surface area contributed by atoms with E-state index in [1.807, 2.05) is 11.8 Å². The molecule has 5 heteroatoms. The van der Waals surface area contributed by atoms with Crippen LogP contribution < -0.4 is 4.74 Å². The van der Waals surface area contributed by atoms with Crippen molar-refractivity contribution in [2.24, 2.45) is 4.99 Å². The predicted octanol–water partition coefficient (Wildman–Crippen LogP) is 5.39. The number of aromatic nitrogens is 1. The van der Waals surface area contributed by atoms with Crippen molar-refractivity contribution >= 4 is 17.7 Å². The van der Waals surface area contributed by atoms with E-state index in [2.05, 4.69) is 61.0 Å². The lowest BCUT2D eigenvalue weighted by Gasteiger charge is -2.10. The van der Waals surface area contributed by atoms with Gasteiger partial charge in [-0.25, -0.2) is 4.99 Å². The second-order valence-electron chi connectivity index (χ2n) is 7.13. The van der Waals surface area contributed by atoms with Crippen LogP contribution in [-0.4, -0.2) is 41.2 Å². The highest BCUT2D eigenvalue weighted by molar-refractivity contribution is 7.99. The molecule has 3 rings (SSSR count). The van der Waals surface area contributed by atoms with E-state index >= 15 is 0 Å². The summed E-state index contributed by atoms with van der Waals surface area (Å²) in [5.74, 6) is 3.88. The van der Waals surface area contributed by atoms with Crippen LogP contribution in [0.25, 0.3) is 0 Å². The van der Waals surface area contributed by atoms with E-state index in [-0.39, 0.29) is 6.04 Å². The molecule has 1 aliphatic heterocycles. The third-order valence-electron chi connectivity index (χ3n) is 4.82. The number of hydrogen-bond acceptors (Lipinski definition) is 4. The van der Waals surface area contributed by atoms with Gasteiger partial charge in [-0.1, -0.05) is 45.2 Å². The highest BCUT2D eigenvalue weighted by atomic mass is 32.2. The van der Waals surface area contributed by atoms with Gasteiger partial charge < -0.3 is 14.0 Å². The zero-order valence-corrected chi connectivity index (χ0v) is 17.9. The Morgan fingerprint density at radius 3 is 2.79 bits per heavy atom. The summed E-state index contributed by atoms with van der Waals surface area (Å²) in [7, 11) is 0. The molecule has 0 bridgehead atoms. The Hall–Kier alpha value is -1.88. The number of aliphatic imine (C=N–C) groups is 1. The van der Waals surface area contributed by atoms with E-state index in [0.29, 0.717) is 6.61 Å². The molecular weight excluding hydrogens is 368 g/mol. The summed E-state index contributed by atoms with van der Waals surface area (Å²) < 4.78 is 13.9. The van der Waals surface area contributed by atoms with Gasteiger partial charge in [0.2, 0.25) is 5.90 Å². The Bertz CT molecular complexity index is 739. The third-order valence-corrected chi connectivity index (χ3v) is 5.85. The summed E-state index contributed by atoms with van der Waals surface area (Å²) in [6.07, 6.45) is 7.01. The van der Waals surface area contributed by atoms with Crippen molar-refractivity contribution in [3.8, 4) is 5.75 Å². The zero-order chi connectivity index (χ0) is 19.6. The average Bonchev–Trinajstić information content (AvgIpc) is 3.36. The van der Waals surface area contributed by atoms with Crippen molar-refractivity contribution in [2.45, 2.75) is 52.1 Å².